The zero-order chi connectivity index (χ0) is 10.8. The Morgan fingerprint density at radius 2 is 2.07 bits per heavy atom. The summed E-state index contributed by atoms with van der Waals surface area (Å²) in [5.41, 5.74) is 3.27. The number of rotatable bonds is 2. The lowest BCUT2D eigenvalue weighted by Gasteiger charge is -2.10. The molecule has 0 fully saturated rings. The molecule has 1 aromatic heterocycles. The lowest BCUT2D eigenvalue weighted by molar-refractivity contribution is 0.405. The van der Waals surface area contributed by atoms with E-state index in [1.807, 2.05) is 26.0 Å². The van der Waals surface area contributed by atoms with Crippen molar-refractivity contribution < 1.29 is 9.26 Å². The van der Waals surface area contributed by atoms with Crippen molar-refractivity contribution in [1.29, 1.82) is 0 Å². The van der Waals surface area contributed by atoms with E-state index in [1.54, 1.807) is 13.3 Å². The van der Waals surface area contributed by atoms with Crippen molar-refractivity contribution in [3.63, 3.8) is 0 Å². The van der Waals surface area contributed by atoms with Crippen molar-refractivity contribution in [2.75, 3.05) is 7.11 Å². The summed E-state index contributed by atoms with van der Waals surface area (Å²) in [5, 5.41) is 3.71. The Morgan fingerprint density at radius 3 is 2.67 bits per heavy atom. The molecule has 0 spiro atoms. The summed E-state index contributed by atoms with van der Waals surface area (Å²) in [6.07, 6.45) is 1.63. The summed E-state index contributed by atoms with van der Waals surface area (Å²) in [4.78, 5) is 0. The Morgan fingerprint density at radius 1 is 1.27 bits per heavy atom. The SMILES string of the molecule is COc1cc(C)cc(C)c1-c1ccno1. The van der Waals surface area contributed by atoms with Crippen molar-refractivity contribution in [1.82, 2.24) is 5.16 Å². The van der Waals surface area contributed by atoms with Crippen LogP contribution in [0.3, 0.4) is 0 Å². The summed E-state index contributed by atoms with van der Waals surface area (Å²) in [7, 11) is 1.66. The van der Waals surface area contributed by atoms with Gasteiger partial charge in [0.1, 0.15) is 5.75 Å². The van der Waals surface area contributed by atoms with Gasteiger partial charge in [-0.25, -0.2) is 0 Å². The van der Waals surface area contributed by atoms with Gasteiger partial charge in [0.05, 0.1) is 18.9 Å². The fourth-order valence-corrected chi connectivity index (χ4v) is 1.75. The van der Waals surface area contributed by atoms with Crippen molar-refractivity contribution in [2.45, 2.75) is 13.8 Å². The van der Waals surface area contributed by atoms with Gasteiger partial charge >= 0.3 is 0 Å². The minimum Gasteiger partial charge on any atom is -0.496 e. The van der Waals surface area contributed by atoms with Crippen LogP contribution in [0.2, 0.25) is 0 Å². The molecule has 0 bridgehead atoms. The average Bonchev–Trinajstić information content (AvgIpc) is 2.69. The Kier molecular flexibility index (Phi) is 2.46. The van der Waals surface area contributed by atoms with Crippen LogP contribution in [-0.4, -0.2) is 12.3 Å². The highest BCUT2D eigenvalue weighted by Crippen LogP contribution is 2.33. The van der Waals surface area contributed by atoms with Gasteiger partial charge in [0.15, 0.2) is 5.76 Å². The Balaban J connectivity index is 2.64. The first-order valence-electron chi connectivity index (χ1n) is 4.78. The van der Waals surface area contributed by atoms with Gasteiger partial charge in [0.25, 0.3) is 0 Å². The van der Waals surface area contributed by atoms with Gasteiger partial charge in [0.2, 0.25) is 0 Å². The number of methoxy groups -OCH3 is 1. The van der Waals surface area contributed by atoms with Gasteiger partial charge in [-0.05, 0) is 31.0 Å². The van der Waals surface area contributed by atoms with Crippen LogP contribution >= 0.6 is 0 Å². The van der Waals surface area contributed by atoms with Crippen molar-refractivity contribution in [3.05, 3.63) is 35.5 Å². The molecule has 0 amide bonds. The fourth-order valence-electron chi connectivity index (χ4n) is 1.75. The summed E-state index contributed by atoms with van der Waals surface area (Å²) >= 11 is 0. The van der Waals surface area contributed by atoms with Crippen LogP contribution in [0.25, 0.3) is 11.3 Å². The first kappa shape index (κ1) is 9.77. The first-order valence-corrected chi connectivity index (χ1v) is 4.78. The number of ether oxygens (including phenoxy) is 1. The zero-order valence-corrected chi connectivity index (χ0v) is 9.07. The predicted molar refractivity (Wildman–Crippen MR) is 58.0 cm³/mol. The zero-order valence-electron chi connectivity index (χ0n) is 9.07. The van der Waals surface area contributed by atoms with E-state index in [0.717, 1.165) is 22.6 Å². The van der Waals surface area contributed by atoms with Gasteiger partial charge in [-0.1, -0.05) is 11.2 Å². The molecule has 0 aliphatic rings. The third kappa shape index (κ3) is 1.73. The summed E-state index contributed by atoms with van der Waals surface area (Å²) in [5.74, 6) is 1.56. The topological polar surface area (TPSA) is 35.3 Å². The van der Waals surface area contributed by atoms with Crippen LogP contribution in [0.1, 0.15) is 11.1 Å². The molecule has 3 heteroatoms. The third-order valence-corrected chi connectivity index (χ3v) is 2.35. The second-order valence-electron chi connectivity index (χ2n) is 3.54. The summed E-state index contributed by atoms with van der Waals surface area (Å²) < 4.78 is 10.5. The maximum atomic E-state index is 5.34. The highest BCUT2D eigenvalue weighted by atomic mass is 16.5. The highest BCUT2D eigenvalue weighted by molar-refractivity contribution is 5.70. The molecule has 0 atom stereocenters. The number of nitrogens with zero attached hydrogens (tertiary/aromatic N) is 1. The molecule has 1 aromatic carbocycles. The maximum Gasteiger partial charge on any atom is 0.170 e. The van der Waals surface area contributed by atoms with Gasteiger partial charge in [-0.3, -0.25) is 0 Å². The number of hydrogen-bond donors (Lipinski definition) is 0. The van der Waals surface area contributed by atoms with Gasteiger partial charge in [-0.2, -0.15) is 0 Å². The molecule has 0 radical (unpaired) electrons. The standard InChI is InChI=1S/C12H13NO2/c1-8-6-9(2)12(11(7-8)14-3)10-4-5-13-15-10/h4-7H,1-3H3. The van der Waals surface area contributed by atoms with Crippen LogP contribution in [0.15, 0.2) is 28.9 Å². The fraction of sp³-hybridized carbons (Fsp3) is 0.250. The maximum absolute atomic E-state index is 5.34. The molecule has 0 saturated heterocycles. The monoisotopic (exact) mass is 203 g/mol. The second kappa shape index (κ2) is 3.77. The molecular weight excluding hydrogens is 190 g/mol. The summed E-state index contributed by atoms with van der Waals surface area (Å²) in [6, 6.07) is 5.92. The van der Waals surface area contributed by atoms with Crippen LogP contribution in [0.4, 0.5) is 0 Å². The minimum absolute atomic E-state index is 0.740. The molecule has 0 unspecified atom stereocenters. The van der Waals surface area contributed by atoms with E-state index in [1.165, 1.54) is 5.56 Å². The van der Waals surface area contributed by atoms with Gasteiger partial charge in [-0.15, -0.1) is 0 Å². The van der Waals surface area contributed by atoms with Crippen molar-refractivity contribution >= 4 is 0 Å². The van der Waals surface area contributed by atoms with E-state index < -0.39 is 0 Å². The number of aryl methyl sites for hydroxylation is 2. The predicted octanol–water partition coefficient (Wildman–Crippen LogP) is 2.97. The number of benzene rings is 1. The van der Waals surface area contributed by atoms with Crippen molar-refractivity contribution in [3.8, 4) is 17.1 Å². The van der Waals surface area contributed by atoms with E-state index in [2.05, 4.69) is 11.2 Å². The quantitative estimate of drug-likeness (QED) is 0.752. The molecular formula is C12H13NO2. The molecule has 1 heterocycles. The largest absolute Gasteiger partial charge is 0.496 e. The van der Waals surface area contributed by atoms with E-state index >= 15 is 0 Å². The van der Waals surface area contributed by atoms with E-state index in [4.69, 9.17) is 9.26 Å². The molecule has 3 nitrogen and oxygen atoms in total. The molecule has 0 N–H and O–H groups in total. The van der Waals surface area contributed by atoms with Crippen LogP contribution < -0.4 is 4.74 Å². The lowest BCUT2D eigenvalue weighted by Crippen LogP contribution is -1.91. The molecule has 15 heavy (non-hydrogen) atoms. The molecule has 2 aromatic rings. The van der Waals surface area contributed by atoms with Crippen LogP contribution in [0.5, 0.6) is 5.75 Å². The Hall–Kier alpha value is -1.77. The van der Waals surface area contributed by atoms with E-state index in [0.29, 0.717) is 0 Å². The Labute approximate surface area is 88.7 Å². The first-order chi connectivity index (χ1) is 7.22. The number of hydrogen-bond acceptors (Lipinski definition) is 3. The normalized spacial score (nSPS) is 10.3. The van der Waals surface area contributed by atoms with Gasteiger partial charge < -0.3 is 9.26 Å². The molecule has 2 rings (SSSR count). The van der Waals surface area contributed by atoms with E-state index in [-0.39, 0.29) is 0 Å². The van der Waals surface area contributed by atoms with E-state index in [9.17, 15) is 0 Å². The lowest BCUT2D eigenvalue weighted by atomic mass is 10.0. The number of aromatic nitrogens is 1. The third-order valence-electron chi connectivity index (χ3n) is 2.35. The molecule has 0 aliphatic heterocycles. The Bertz CT molecular complexity index is 461. The van der Waals surface area contributed by atoms with Crippen LogP contribution in [0, 0.1) is 13.8 Å². The van der Waals surface area contributed by atoms with Gasteiger partial charge in [0, 0.05) is 6.07 Å². The molecule has 78 valence electrons. The molecule has 0 aliphatic carbocycles. The smallest absolute Gasteiger partial charge is 0.170 e. The average molecular weight is 203 g/mol. The van der Waals surface area contributed by atoms with Crippen molar-refractivity contribution in [2.24, 2.45) is 0 Å². The summed E-state index contributed by atoms with van der Waals surface area (Å²) in [6.45, 7) is 4.08. The minimum atomic E-state index is 0.740. The highest BCUT2D eigenvalue weighted by Gasteiger charge is 2.12. The molecule has 0 saturated carbocycles. The second-order valence-corrected chi connectivity index (χ2v) is 3.54. The van der Waals surface area contributed by atoms with Crippen LogP contribution in [-0.2, 0) is 0 Å².